The lowest BCUT2D eigenvalue weighted by atomic mass is 10.0. The first-order chi connectivity index (χ1) is 6.93. The van der Waals surface area contributed by atoms with E-state index in [0.29, 0.717) is 10.6 Å². The molecule has 0 bridgehead atoms. The Bertz CT molecular complexity index is 384. The maximum atomic E-state index is 10.5. The molecule has 0 spiro atoms. The molecule has 1 rings (SSSR count). The maximum Gasteiger partial charge on any atom is 0.239 e. The molecule has 0 fully saturated rings. The average Bonchev–Trinajstić information content (AvgIpc) is 2.19. The number of nitro groups is 1. The zero-order chi connectivity index (χ0) is 11.6. The van der Waals surface area contributed by atoms with E-state index in [1.807, 2.05) is 0 Å². The van der Waals surface area contributed by atoms with Crippen molar-refractivity contribution >= 4 is 23.2 Å². The first-order valence-corrected chi connectivity index (χ1v) is 4.95. The second kappa shape index (κ2) is 4.79. The molecule has 15 heavy (non-hydrogen) atoms. The molecular weight excluding hydrogens is 241 g/mol. The molecule has 0 radical (unpaired) electrons. The molecule has 0 aromatic heterocycles. The molecule has 82 valence electrons. The first kappa shape index (κ1) is 12.2. The Hall–Kier alpha value is -0.840. The predicted octanol–water partition coefficient (Wildman–Crippen LogP) is 2.69. The molecule has 1 aromatic rings. The number of hydrogen-bond donors (Lipinski definition) is 1. The first-order valence-electron chi connectivity index (χ1n) is 4.20. The Morgan fingerprint density at radius 1 is 1.40 bits per heavy atom. The van der Waals surface area contributed by atoms with E-state index in [1.165, 1.54) is 25.1 Å². The van der Waals surface area contributed by atoms with Gasteiger partial charge >= 0.3 is 0 Å². The van der Waals surface area contributed by atoms with Crippen LogP contribution in [0.5, 0.6) is 0 Å². The van der Waals surface area contributed by atoms with E-state index in [2.05, 4.69) is 0 Å². The number of aliphatic hydroxyl groups excluding tert-OH is 1. The van der Waals surface area contributed by atoms with E-state index in [9.17, 15) is 15.2 Å². The molecule has 0 unspecified atom stereocenters. The summed E-state index contributed by atoms with van der Waals surface area (Å²) in [5, 5.41) is 20.7. The van der Waals surface area contributed by atoms with E-state index in [4.69, 9.17) is 23.2 Å². The average molecular weight is 250 g/mol. The lowest BCUT2D eigenvalue weighted by molar-refractivity contribution is -0.531. The van der Waals surface area contributed by atoms with Crippen molar-refractivity contribution < 1.29 is 10.0 Å². The van der Waals surface area contributed by atoms with Crippen molar-refractivity contribution in [3.05, 3.63) is 43.9 Å². The molecule has 6 heteroatoms. The van der Waals surface area contributed by atoms with Gasteiger partial charge in [-0.25, -0.2) is 0 Å². The summed E-state index contributed by atoms with van der Waals surface area (Å²) < 4.78 is 0. The van der Waals surface area contributed by atoms with Gasteiger partial charge in [0.25, 0.3) is 0 Å². The molecule has 0 aliphatic carbocycles. The van der Waals surface area contributed by atoms with E-state index >= 15 is 0 Å². The van der Waals surface area contributed by atoms with E-state index < -0.39 is 17.1 Å². The topological polar surface area (TPSA) is 63.4 Å². The second-order valence-electron chi connectivity index (χ2n) is 3.14. The van der Waals surface area contributed by atoms with Gasteiger partial charge in [0.05, 0.1) is 10.0 Å². The second-order valence-corrected chi connectivity index (χ2v) is 3.96. The van der Waals surface area contributed by atoms with Crippen LogP contribution in [0.2, 0.25) is 10.0 Å². The fourth-order valence-electron chi connectivity index (χ4n) is 1.09. The number of hydrogen-bond acceptors (Lipinski definition) is 3. The van der Waals surface area contributed by atoms with Crippen molar-refractivity contribution in [3.8, 4) is 0 Å². The van der Waals surface area contributed by atoms with E-state index in [1.54, 1.807) is 0 Å². The summed E-state index contributed by atoms with van der Waals surface area (Å²) in [5.74, 6) is 0. The quantitative estimate of drug-likeness (QED) is 0.662. The molecule has 1 aromatic carbocycles. The van der Waals surface area contributed by atoms with Crippen LogP contribution in [0.15, 0.2) is 18.2 Å². The zero-order valence-corrected chi connectivity index (χ0v) is 9.37. The highest BCUT2D eigenvalue weighted by atomic mass is 35.5. The van der Waals surface area contributed by atoms with Gasteiger partial charge in [0.15, 0.2) is 0 Å². The number of nitrogens with zero attached hydrogens (tertiary/aromatic N) is 1. The number of halogens is 2. The zero-order valence-electron chi connectivity index (χ0n) is 7.85. The van der Waals surface area contributed by atoms with Crippen molar-refractivity contribution in [3.63, 3.8) is 0 Å². The molecule has 0 heterocycles. The Labute approximate surface area is 96.6 Å². The Kier molecular flexibility index (Phi) is 3.90. The fraction of sp³-hybridized carbons (Fsp3) is 0.333. The minimum absolute atomic E-state index is 0.267. The summed E-state index contributed by atoms with van der Waals surface area (Å²) in [4.78, 5) is 9.90. The Balaban J connectivity index is 2.96. The summed E-state index contributed by atoms with van der Waals surface area (Å²) in [6.45, 7) is 1.33. The Morgan fingerprint density at radius 2 is 2.00 bits per heavy atom. The van der Waals surface area contributed by atoms with Crippen LogP contribution in [-0.2, 0) is 0 Å². The number of benzene rings is 1. The summed E-state index contributed by atoms with van der Waals surface area (Å²) >= 11 is 11.4. The molecule has 0 aliphatic heterocycles. The van der Waals surface area contributed by atoms with Crippen LogP contribution in [0, 0.1) is 10.1 Å². The molecule has 0 amide bonds. The van der Waals surface area contributed by atoms with Gasteiger partial charge in [0.2, 0.25) is 6.04 Å². The van der Waals surface area contributed by atoms with Crippen LogP contribution >= 0.6 is 23.2 Å². The van der Waals surface area contributed by atoms with Gasteiger partial charge < -0.3 is 5.11 Å². The molecular formula is C9H9Cl2NO3. The number of rotatable bonds is 3. The third-order valence-corrected chi connectivity index (χ3v) is 2.81. The summed E-state index contributed by atoms with van der Waals surface area (Å²) in [5.41, 5.74) is 0.383. The molecule has 0 saturated carbocycles. The molecule has 4 nitrogen and oxygen atoms in total. The highest BCUT2D eigenvalue weighted by Crippen LogP contribution is 2.27. The summed E-state index contributed by atoms with van der Waals surface area (Å²) in [7, 11) is 0. The van der Waals surface area contributed by atoms with Gasteiger partial charge in [-0.05, 0) is 17.7 Å². The summed E-state index contributed by atoms with van der Waals surface area (Å²) in [6.07, 6.45) is -1.19. The van der Waals surface area contributed by atoms with Crippen LogP contribution in [0.1, 0.15) is 18.6 Å². The van der Waals surface area contributed by atoms with Crippen LogP contribution in [0.25, 0.3) is 0 Å². The third kappa shape index (κ3) is 2.81. The van der Waals surface area contributed by atoms with Gasteiger partial charge in [-0.3, -0.25) is 10.1 Å². The minimum Gasteiger partial charge on any atom is -0.381 e. The van der Waals surface area contributed by atoms with Crippen LogP contribution in [0.3, 0.4) is 0 Å². The highest BCUT2D eigenvalue weighted by Gasteiger charge is 2.26. The van der Waals surface area contributed by atoms with Crippen molar-refractivity contribution in [2.24, 2.45) is 0 Å². The van der Waals surface area contributed by atoms with Gasteiger partial charge in [-0.15, -0.1) is 0 Å². The van der Waals surface area contributed by atoms with E-state index in [-0.39, 0.29) is 5.02 Å². The smallest absolute Gasteiger partial charge is 0.239 e. The van der Waals surface area contributed by atoms with Crippen molar-refractivity contribution in [2.45, 2.75) is 19.1 Å². The van der Waals surface area contributed by atoms with Crippen molar-refractivity contribution in [2.75, 3.05) is 0 Å². The molecule has 0 aliphatic rings. The van der Waals surface area contributed by atoms with Crippen LogP contribution < -0.4 is 0 Å². The van der Waals surface area contributed by atoms with Gasteiger partial charge in [0.1, 0.15) is 6.10 Å². The molecule has 0 saturated heterocycles. The standard InChI is InChI=1S/C9H9Cl2NO3/c1-5(12(14)15)9(13)6-2-3-7(10)8(11)4-6/h2-5,9,13H,1H3/t5-,9-/m0/s1. The van der Waals surface area contributed by atoms with Gasteiger partial charge in [-0.1, -0.05) is 29.3 Å². The fourth-order valence-corrected chi connectivity index (χ4v) is 1.40. The molecule has 1 N–H and O–H groups in total. The number of aliphatic hydroxyl groups is 1. The van der Waals surface area contributed by atoms with Crippen LogP contribution in [0.4, 0.5) is 0 Å². The predicted molar refractivity (Wildman–Crippen MR) is 57.9 cm³/mol. The minimum atomic E-state index is -1.19. The SMILES string of the molecule is C[C@@H]([C@H](O)c1ccc(Cl)c(Cl)c1)[N+](=O)[O-]. The highest BCUT2D eigenvalue weighted by molar-refractivity contribution is 6.42. The largest absolute Gasteiger partial charge is 0.381 e. The summed E-state index contributed by atoms with van der Waals surface area (Å²) in [6, 6.07) is 3.35. The van der Waals surface area contributed by atoms with E-state index in [0.717, 1.165) is 0 Å². The third-order valence-electron chi connectivity index (χ3n) is 2.07. The van der Waals surface area contributed by atoms with Crippen molar-refractivity contribution in [1.82, 2.24) is 0 Å². The maximum absolute atomic E-state index is 10.5. The van der Waals surface area contributed by atoms with Crippen LogP contribution in [-0.4, -0.2) is 16.1 Å². The lowest BCUT2D eigenvalue weighted by Gasteiger charge is -2.12. The monoisotopic (exact) mass is 249 g/mol. The lowest BCUT2D eigenvalue weighted by Crippen LogP contribution is -2.23. The van der Waals surface area contributed by atoms with Gasteiger partial charge in [-0.2, -0.15) is 0 Å². The normalized spacial score (nSPS) is 14.7. The van der Waals surface area contributed by atoms with Crippen molar-refractivity contribution in [1.29, 1.82) is 0 Å². The Morgan fingerprint density at radius 3 is 2.47 bits per heavy atom. The molecule has 2 atom stereocenters. The van der Waals surface area contributed by atoms with Gasteiger partial charge in [0, 0.05) is 11.8 Å².